The average Bonchev–Trinajstić information content (AvgIpc) is 2.48. The standard InChI is InChI=1S/C18H22FN3O/c1-12-8-15(19)18(17(23)9-12)16-6-5-14(20-21-16)10-13-4-3-7-22(2)11-13/h5-6,8-9,13,23H,3-4,7,10-11H2,1-2H3. The number of aromatic nitrogens is 2. The van der Waals surface area contributed by atoms with E-state index in [1.807, 2.05) is 6.07 Å². The van der Waals surface area contributed by atoms with Crippen LogP contribution in [0.25, 0.3) is 11.3 Å². The van der Waals surface area contributed by atoms with Gasteiger partial charge < -0.3 is 10.0 Å². The summed E-state index contributed by atoms with van der Waals surface area (Å²) in [5.74, 6) is 0.0234. The second-order valence-corrected chi connectivity index (χ2v) is 6.53. The molecule has 0 radical (unpaired) electrons. The summed E-state index contributed by atoms with van der Waals surface area (Å²) in [6, 6.07) is 6.55. The second-order valence-electron chi connectivity index (χ2n) is 6.53. The zero-order chi connectivity index (χ0) is 16.4. The number of hydrogen-bond donors (Lipinski definition) is 1. The Hall–Kier alpha value is -2.01. The van der Waals surface area contributed by atoms with E-state index in [0.717, 1.165) is 25.2 Å². The van der Waals surface area contributed by atoms with E-state index in [9.17, 15) is 9.50 Å². The van der Waals surface area contributed by atoms with Crippen molar-refractivity contribution in [1.82, 2.24) is 15.1 Å². The van der Waals surface area contributed by atoms with E-state index < -0.39 is 5.82 Å². The van der Waals surface area contributed by atoms with Crippen LogP contribution in [0.1, 0.15) is 24.1 Å². The number of phenols is 1. The number of aryl methyl sites for hydroxylation is 1. The third-order valence-electron chi connectivity index (χ3n) is 4.41. The number of phenolic OH excluding ortho intramolecular Hbond substituents is 1. The molecule has 1 aromatic heterocycles. The van der Waals surface area contributed by atoms with Gasteiger partial charge in [-0.1, -0.05) is 0 Å². The molecule has 23 heavy (non-hydrogen) atoms. The average molecular weight is 315 g/mol. The maximum absolute atomic E-state index is 14.1. The van der Waals surface area contributed by atoms with E-state index in [4.69, 9.17) is 0 Å². The number of nitrogens with zero attached hydrogens (tertiary/aromatic N) is 3. The van der Waals surface area contributed by atoms with Gasteiger partial charge in [0.1, 0.15) is 11.6 Å². The maximum Gasteiger partial charge on any atom is 0.136 e. The van der Waals surface area contributed by atoms with Crippen molar-refractivity contribution in [3.05, 3.63) is 41.3 Å². The van der Waals surface area contributed by atoms with Crippen LogP contribution in [0.3, 0.4) is 0 Å². The summed E-state index contributed by atoms with van der Waals surface area (Å²) in [4.78, 5) is 2.34. The Morgan fingerprint density at radius 3 is 2.78 bits per heavy atom. The van der Waals surface area contributed by atoms with Crippen LogP contribution in [0.15, 0.2) is 24.3 Å². The van der Waals surface area contributed by atoms with Gasteiger partial charge in [-0.2, -0.15) is 10.2 Å². The number of hydrogen-bond acceptors (Lipinski definition) is 4. The lowest BCUT2D eigenvalue weighted by atomic mass is 9.93. The number of likely N-dealkylation sites (tertiary alicyclic amines) is 1. The number of rotatable bonds is 3. The zero-order valence-corrected chi connectivity index (χ0v) is 13.6. The van der Waals surface area contributed by atoms with Crippen LogP contribution in [-0.4, -0.2) is 40.3 Å². The number of halogens is 1. The molecule has 5 heteroatoms. The molecule has 0 saturated carbocycles. The zero-order valence-electron chi connectivity index (χ0n) is 13.6. The van der Waals surface area contributed by atoms with Crippen LogP contribution in [0, 0.1) is 18.7 Å². The molecule has 1 unspecified atom stereocenters. The summed E-state index contributed by atoms with van der Waals surface area (Å²) >= 11 is 0. The van der Waals surface area contributed by atoms with Crippen molar-refractivity contribution in [1.29, 1.82) is 0 Å². The van der Waals surface area contributed by atoms with Crippen molar-refractivity contribution in [2.45, 2.75) is 26.2 Å². The predicted octanol–water partition coefficient (Wildman–Crippen LogP) is 3.18. The van der Waals surface area contributed by atoms with E-state index >= 15 is 0 Å². The monoisotopic (exact) mass is 315 g/mol. The minimum absolute atomic E-state index is 0.0987. The Labute approximate surface area is 136 Å². The summed E-state index contributed by atoms with van der Waals surface area (Å²) in [6.45, 7) is 3.98. The topological polar surface area (TPSA) is 49.2 Å². The van der Waals surface area contributed by atoms with Crippen molar-refractivity contribution in [2.75, 3.05) is 20.1 Å². The molecule has 0 amide bonds. The lowest BCUT2D eigenvalue weighted by Gasteiger charge is -2.29. The summed E-state index contributed by atoms with van der Waals surface area (Å²) in [5, 5.41) is 18.3. The Morgan fingerprint density at radius 1 is 1.30 bits per heavy atom. The third kappa shape index (κ3) is 3.67. The molecule has 1 aromatic carbocycles. The van der Waals surface area contributed by atoms with Gasteiger partial charge in [0.15, 0.2) is 0 Å². The summed E-state index contributed by atoms with van der Waals surface area (Å²) < 4.78 is 14.1. The van der Waals surface area contributed by atoms with Crippen molar-refractivity contribution in [3.63, 3.8) is 0 Å². The van der Waals surface area contributed by atoms with Crippen LogP contribution in [0.4, 0.5) is 4.39 Å². The molecule has 1 aliphatic heterocycles. The van der Waals surface area contributed by atoms with Crippen LogP contribution in [0.5, 0.6) is 5.75 Å². The van der Waals surface area contributed by atoms with Gasteiger partial charge in [0.2, 0.25) is 0 Å². The van der Waals surface area contributed by atoms with Crippen LogP contribution in [-0.2, 0) is 6.42 Å². The van der Waals surface area contributed by atoms with Gasteiger partial charge in [-0.15, -0.1) is 0 Å². The van der Waals surface area contributed by atoms with E-state index in [1.54, 1.807) is 13.0 Å². The number of aromatic hydroxyl groups is 1. The molecule has 4 nitrogen and oxygen atoms in total. The summed E-state index contributed by atoms with van der Waals surface area (Å²) in [7, 11) is 2.14. The van der Waals surface area contributed by atoms with Gasteiger partial charge in [-0.3, -0.25) is 0 Å². The first kappa shape index (κ1) is 15.9. The Morgan fingerprint density at radius 2 is 2.13 bits per heavy atom. The van der Waals surface area contributed by atoms with Crippen LogP contribution < -0.4 is 0 Å². The molecule has 1 saturated heterocycles. The highest BCUT2D eigenvalue weighted by atomic mass is 19.1. The van der Waals surface area contributed by atoms with Crippen molar-refractivity contribution in [3.8, 4) is 17.0 Å². The summed E-state index contributed by atoms with van der Waals surface area (Å²) in [5.41, 5.74) is 2.08. The van der Waals surface area contributed by atoms with Gasteiger partial charge in [0.05, 0.1) is 17.0 Å². The van der Waals surface area contributed by atoms with Gasteiger partial charge in [-0.05, 0) is 75.5 Å². The third-order valence-corrected chi connectivity index (χ3v) is 4.41. The molecule has 2 heterocycles. The molecule has 122 valence electrons. The van der Waals surface area contributed by atoms with Crippen molar-refractivity contribution >= 4 is 0 Å². The Kier molecular flexibility index (Phi) is 4.57. The van der Waals surface area contributed by atoms with Crippen molar-refractivity contribution < 1.29 is 9.50 Å². The van der Waals surface area contributed by atoms with E-state index in [2.05, 4.69) is 22.1 Å². The Balaban J connectivity index is 1.77. The maximum atomic E-state index is 14.1. The molecule has 1 aliphatic rings. The van der Waals surface area contributed by atoms with E-state index in [0.29, 0.717) is 17.2 Å². The normalized spacial score (nSPS) is 19.0. The SMILES string of the molecule is Cc1cc(O)c(-c2ccc(CC3CCCN(C)C3)nn2)c(F)c1. The molecular formula is C18H22FN3O. The fraction of sp³-hybridized carbons (Fsp3) is 0.444. The molecule has 0 spiro atoms. The first-order chi connectivity index (χ1) is 11.0. The Bertz CT molecular complexity index is 664. The molecule has 0 bridgehead atoms. The lowest BCUT2D eigenvalue weighted by Crippen LogP contribution is -2.33. The molecule has 0 aliphatic carbocycles. The van der Waals surface area contributed by atoms with Gasteiger partial charge in [0, 0.05) is 6.54 Å². The first-order valence-corrected chi connectivity index (χ1v) is 8.03. The molecule has 1 N–H and O–H groups in total. The quantitative estimate of drug-likeness (QED) is 0.945. The molecular weight excluding hydrogens is 293 g/mol. The molecule has 1 fully saturated rings. The minimum atomic E-state index is -0.474. The number of piperidine rings is 1. The fourth-order valence-corrected chi connectivity index (χ4v) is 3.32. The van der Waals surface area contributed by atoms with Crippen LogP contribution in [0.2, 0.25) is 0 Å². The highest BCUT2D eigenvalue weighted by Crippen LogP contribution is 2.31. The van der Waals surface area contributed by atoms with E-state index in [1.165, 1.54) is 25.0 Å². The second kappa shape index (κ2) is 6.62. The smallest absolute Gasteiger partial charge is 0.136 e. The van der Waals surface area contributed by atoms with Gasteiger partial charge >= 0.3 is 0 Å². The number of benzene rings is 1. The molecule has 2 aromatic rings. The highest BCUT2D eigenvalue weighted by Gasteiger charge is 2.19. The summed E-state index contributed by atoms with van der Waals surface area (Å²) in [6.07, 6.45) is 3.32. The highest BCUT2D eigenvalue weighted by molar-refractivity contribution is 5.67. The van der Waals surface area contributed by atoms with Crippen molar-refractivity contribution in [2.24, 2.45) is 5.92 Å². The first-order valence-electron chi connectivity index (χ1n) is 8.03. The fourth-order valence-electron chi connectivity index (χ4n) is 3.32. The van der Waals surface area contributed by atoms with Crippen LogP contribution >= 0.6 is 0 Å². The van der Waals surface area contributed by atoms with Gasteiger partial charge in [-0.25, -0.2) is 4.39 Å². The minimum Gasteiger partial charge on any atom is -0.507 e. The van der Waals surface area contributed by atoms with Gasteiger partial charge in [0.25, 0.3) is 0 Å². The molecule has 1 atom stereocenters. The molecule has 3 rings (SSSR count). The largest absolute Gasteiger partial charge is 0.507 e. The van der Waals surface area contributed by atoms with E-state index in [-0.39, 0.29) is 11.3 Å². The predicted molar refractivity (Wildman–Crippen MR) is 87.8 cm³/mol. The lowest BCUT2D eigenvalue weighted by molar-refractivity contribution is 0.208.